The molecule has 1 unspecified atom stereocenters. The van der Waals surface area contributed by atoms with Crippen LogP contribution in [0.15, 0.2) is 11.1 Å². The van der Waals surface area contributed by atoms with Crippen molar-refractivity contribution in [2.24, 2.45) is 5.92 Å². The lowest BCUT2D eigenvalue weighted by molar-refractivity contribution is -0.119. The van der Waals surface area contributed by atoms with Gasteiger partial charge in [0.05, 0.1) is 0 Å². The van der Waals surface area contributed by atoms with Gasteiger partial charge in [-0.05, 0) is 31.6 Å². The summed E-state index contributed by atoms with van der Waals surface area (Å²) in [5.41, 5.74) is 3.24. The Morgan fingerprint density at radius 1 is 1.17 bits per heavy atom. The molecule has 2 rings (SSSR count). The van der Waals surface area contributed by atoms with Gasteiger partial charge in [0, 0.05) is 12.8 Å². The van der Waals surface area contributed by atoms with Crippen molar-refractivity contribution in [1.29, 1.82) is 0 Å². The van der Waals surface area contributed by atoms with Crippen molar-refractivity contribution in [2.45, 2.75) is 45.4 Å². The summed E-state index contributed by atoms with van der Waals surface area (Å²) in [6, 6.07) is 0. The van der Waals surface area contributed by atoms with E-state index in [1.807, 2.05) is 0 Å². The molecule has 0 fully saturated rings. The molecule has 0 N–H and O–H groups in total. The van der Waals surface area contributed by atoms with E-state index in [-0.39, 0.29) is 0 Å². The summed E-state index contributed by atoms with van der Waals surface area (Å²) in [5.74, 6) is 1.02. The minimum absolute atomic E-state index is 0.469. The van der Waals surface area contributed by atoms with Gasteiger partial charge in [-0.3, -0.25) is 4.79 Å². The maximum Gasteiger partial charge on any atom is 0.133 e. The Morgan fingerprint density at radius 3 is 2.83 bits per heavy atom. The number of carbonyl (C=O) groups is 1. The van der Waals surface area contributed by atoms with E-state index in [0.717, 1.165) is 19.3 Å². The van der Waals surface area contributed by atoms with Gasteiger partial charge in [0.1, 0.15) is 5.78 Å². The normalized spacial score (nSPS) is 30.4. The first kappa shape index (κ1) is 8.03. The van der Waals surface area contributed by atoms with Crippen LogP contribution >= 0.6 is 0 Å². The SMILES string of the molecule is CC1CC(=O)CCC2=C1CCC2. The van der Waals surface area contributed by atoms with Crippen LogP contribution in [0.4, 0.5) is 0 Å². The maximum absolute atomic E-state index is 11.3. The molecule has 0 saturated carbocycles. The third-order valence-electron chi connectivity index (χ3n) is 3.21. The lowest BCUT2D eigenvalue weighted by Gasteiger charge is -2.10. The van der Waals surface area contributed by atoms with Crippen LogP contribution in [0.1, 0.15) is 45.4 Å². The average molecular weight is 164 g/mol. The van der Waals surface area contributed by atoms with Gasteiger partial charge >= 0.3 is 0 Å². The minimum Gasteiger partial charge on any atom is -0.300 e. The predicted octanol–water partition coefficient (Wildman–Crippen LogP) is 2.86. The van der Waals surface area contributed by atoms with E-state index in [0.29, 0.717) is 11.7 Å². The fourth-order valence-electron chi connectivity index (χ4n) is 2.57. The third-order valence-corrected chi connectivity index (χ3v) is 3.21. The highest BCUT2D eigenvalue weighted by Crippen LogP contribution is 2.37. The Morgan fingerprint density at radius 2 is 2.00 bits per heavy atom. The standard InChI is InChI=1S/C11H16O/c1-8-7-10(12)6-5-9-3-2-4-11(8)9/h8H,2-7H2,1H3. The largest absolute Gasteiger partial charge is 0.300 e. The second-order valence-corrected chi connectivity index (χ2v) is 4.13. The van der Waals surface area contributed by atoms with Crippen molar-refractivity contribution in [1.82, 2.24) is 0 Å². The maximum atomic E-state index is 11.3. The van der Waals surface area contributed by atoms with Gasteiger partial charge in [0.15, 0.2) is 0 Å². The van der Waals surface area contributed by atoms with Crippen molar-refractivity contribution in [2.75, 3.05) is 0 Å². The van der Waals surface area contributed by atoms with Gasteiger partial charge in [-0.1, -0.05) is 18.1 Å². The van der Waals surface area contributed by atoms with E-state index < -0.39 is 0 Å². The van der Waals surface area contributed by atoms with E-state index >= 15 is 0 Å². The van der Waals surface area contributed by atoms with Crippen molar-refractivity contribution in [3.05, 3.63) is 11.1 Å². The van der Waals surface area contributed by atoms with Gasteiger partial charge < -0.3 is 0 Å². The zero-order valence-electron chi connectivity index (χ0n) is 7.73. The number of hydrogen-bond donors (Lipinski definition) is 0. The van der Waals surface area contributed by atoms with Crippen LogP contribution in [0, 0.1) is 5.92 Å². The number of ketones is 1. The molecule has 2 aliphatic carbocycles. The number of Topliss-reactive ketones (excluding diaryl/α,β-unsaturated/α-hetero) is 1. The molecule has 12 heavy (non-hydrogen) atoms. The minimum atomic E-state index is 0.469. The molecule has 0 aromatic heterocycles. The Bertz CT molecular complexity index is 237. The highest BCUT2D eigenvalue weighted by atomic mass is 16.1. The summed E-state index contributed by atoms with van der Waals surface area (Å²) in [6.07, 6.45) is 6.56. The molecule has 0 spiro atoms. The van der Waals surface area contributed by atoms with Crippen molar-refractivity contribution >= 4 is 5.78 Å². The highest BCUT2D eigenvalue weighted by Gasteiger charge is 2.24. The molecule has 1 nitrogen and oxygen atoms in total. The average Bonchev–Trinajstić information content (AvgIpc) is 2.43. The fourth-order valence-corrected chi connectivity index (χ4v) is 2.57. The smallest absolute Gasteiger partial charge is 0.133 e. The molecule has 0 radical (unpaired) electrons. The van der Waals surface area contributed by atoms with Gasteiger partial charge in [-0.25, -0.2) is 0 Å². The van der Waals surface area contributed by atoms with E-state index in [1.54, 1.807) is 11.1 Å². The number of rotatable bonds is 0. The Labute approximate surface area is 73.8 Å². The summed E-state index contributed by atoms with van der Waals surface area (Å²) in [4.78, 5) is 11.3. The van der Waals surface area contributed by atoms with Crippen LogP contribution < -0.4 is 0 Å². The zero-order chi connectivity index (χ0) is 8.55. The van der Waals surface area contributed by atoms with Gasteiger partial charge in [-0.15, -0.1) is 0 Å². The summed E-state index contributed by atoms with van der Waals surface area (Å²) >= 11 is 0. The summed E-state index contributed by atoms with van der Waals surface area (Å²) in [7, 11) is 0. The van der Waals surface area contributed by atoms with Crippen molar-refractivity contribution < 1.29 is 4.79 Å². The Hall–Kier alpha value is -0.590. The summed E-state index contributed by atoms with van der Waals surface area (Å²) < 4.78 is 0. The lowest BCUT2D eigenvalue weighted by Crippen LogP contribution is -2.03. The molecule has 1 atom stereocenters. The third kappa shape index (κ3) is 1.33. The fraction of sp³-hybridized carbons (Fsp3) is 0.727. The molecule has 0 amide bonds. The van der Waals surface area contributed by atoms with Gasteiger partial charge in [0.25, 0.3) is 0 Å². The summed E-state index contributed by atoms with van der Waals surface area (Å²) in [5, 5.41) is 0. The molecule has 0 bridgehead atoms. The molecule has 0 aliphatic heterocycles. The topological polar surface area (TPSA) is 17.1 Å². The predicted molar refractivity (Wildman–Crippen MR) is 48.9 cm³/mol. The van der Waals surface area contributed by atoms with E-state index in [9.17, 15) is 4.79 Å². The highest BCUT2D eigenvalue weighted by molar-refractivity contribution is 5.79. The summed E-state index contributed by atoms with van der Waals surface area (Å²) in [6.45, 7) is 2.21. The molecule has 0 saturated heterocycles. The molecular weight excluding hydrogens is 148 g/mol. The number of hydrogen-bond acceptors (Lipinski definition) is 1. The van der Waals surface area contributed by atoms with Crippen molar-refractivity contribution in [3.8, 4) is 0 Å². The quantitative estimate of drug-likeness (QED) is 0.503. The van der Waals surface area contributed by atoms with Crippen LogP contribution in [0.5, 0.6) is 0 Å². The van der Waals surface area contributed by atoms with Gasteiger partial charge in [0.2, 0.25) is 0 Å². The molecule has 0 heterocycles. The Balaban J connectivity index is 2.21. The Kier molecular flexibility index (Phi) is 2.03. The van der Waals surface area contributed by atoms with Crippen LogP contribution in [-0.2, 0) is 4.79 Å². The van der Waals surface area contributed by atoms with Crippen molar-refractivity contribution in [3.63, 3.8) is 0 Å². The zero-order valence-corrected chi connectivity index (χ0v) is 7.73. The lowest BCUT2D eigenvalue weighted by atomic mass is 9.95. The second kappa shape index (κ2) is 3.04. The first-order valence-electron chi connectivity index (χ1n) is 5.00. The second-order valence-electron chi connectivity index (χ2n) is 4.13. The molecule has 1 heteroatoms. The number of carbonyl (C=O) groups excluding carboxylic acids is 1. The molecule has 0 aromatic rings. The first-order valence-corrected chi connectivity index (χ1v) is 5.00. The molecule has 66 valence electrons. The molecular formula is C11H16O. The van der Waals surface area contributed by atoms with Gasteiger partial charge in [-0.2, -0.15) is 0 Å². The molecule has 0 aromatic carbocycles. The van der Waals surface area contributed by atoms with Crippen LogP contribution in [0.3, 0.4) is 0 Å². The van der Waals surface area contributed by atoms with Crippen LogP contribution in [-0.4, -0.2) is 5.78 Å². The number of allylic oxidation sites excluding steroid dienone is 2. The van der Waals surface area contributed by atoms with E-state index in [2.05, 4.69) is 6.92 Å². The van der Waals surface area contributed by atoms with Crippen LogP contribution in [0.25, 0.3) is 0 Å². The monoisotopic (exact) mass is 164 g/mol. The molecule has 2 aliphatic rings. The van der Waals surface area contributed by atoms with E-state index in [4.69, 9.17) is 0 Å². The van der Waals surface area contributed by atoms with Crippen LogP contribution in [0.2, 0.25) is 0 Å². The first-order chi connectivity index (χ1) is 5.77. The van der Waals surface area contributed by atoms with E-state index in [1.165, 1.54) is 19.3 Å².